The van der Waals surface area contributed by atoms with Crippen LogP contribution >= 0.6 is 0 Å². The van der Waals surface area contributed by atoms with Gasteiger partial charge < -0.3 is 10.7 Å². The van der Waals surface area contributed by atoms with E-state index >= 15 is 0 Å². The van der Waals surface area contributed by atoms with Gasteiger partial charge in [0.2, 0.25) is 0 Å². The van der Waals surface area contributed by atoms with E-state index in [2.05, 4.69) is 31.8 Å². The molecule has 0 radical (unpaired) electrons. The number of nitrogen functional groups attached to an aromatic ring is 1. The number of hydrogen-bond acceptors (Lipinski definition) is 5. The van der Waals surface area contributed by atoms with Crippen LogP contribution in [0.3, 0.4) is 0 Å². The minimum absolute atomic E-state index is 0.495. The molecule has 0 aliphatic rings. The van der Waals surface area contributed by atoms with Crippen LogP contribution in [0, 0.1) is 0 Å². The van der Waals surface area contributed by atoms with Crippen molar-refractivity contribution in [2.75, 3.05) is 5.73 Å². The summed E-state index contributed by atoms with van der Waals surface area (Å²) in [5.74, 6) is 1.08. The zero-order valence-electron chi connectivity index (χ0n) is 12.7. The van der Waals surface area contributed by atoms with Crippen molar-refractivity contribution >= 4 is 27.8 Å². The number of aromatic nitrogens is 5. The molecule has 6 nitrogen and oxygen atoms in total. The summed E-state index contributed by atoms with van der Waals surface area (Å²) in [5.41, 5.74) is 9.80. The van der Waals surface area contributed by atoms with Gasteiger partial charge in [0.15, 0.2) is 5.82 Å². The fourth-order valence-corrected chi connectivity index (χ4v) is 2.90. The van der Waals surface area contributed by atoms with E-state index in [1.165, 1.54) is 0 Å². The third-order valence-corrected chi connectivity index (χ3v) is 3.92. The Labute approximate surface area is 132 Å². The Balaban J connectivity index is 1.96. The highest BCUT2D eigenvalue weighted by atomic mass is 15.0. The summed E-state index contributed by atoms with van der Waals surface area (Å²) in [6, 6.07) is 3.88. The van der Waals surface area contributed by atoms with Crippen molar-refractivity contribution in [2.45, 2.75) is 19.8 Å². The minimum Gasteiger partial charge on any atom is -0.383 e. The van der Waals surface area contributed by atoms with Gasteiger partial charge in [-0.3, -0.25) is 4.98 Å². The molecule has 0 aliphatic heterocycles. The number of nitrogens with two attached hydrogens (primary N) is 1. The standard InChI is InChI=1S/C17H16N6/c1-2-4-10-7-19-9-13-14(10)15(18)23-17(22-13)12-8-21-16-11(12)5-3-6-20-16/h3,5-9H,2,4H2,1H3,(H,20,21)(H2,18,22,23). The van der Waals surface area contributed by atoms with Gasteiger partial charge in [-0.25, -0.2) is 15.0 Å². The van der Waals surface area contributed by atoms with Crippen LogP contribution in [0.5, 0.6) is 0 Å². The predicted octanol–water partition coefficient (Wildman–Crippen LogP) is 3.10. The summed E-state index contributed by atoms with van der Waals surface area (Å²) >= 11 is 0. The first-order chi connectivity index (χ1) is 11.3. The van der Waals surface area contributed by atoms with Crippen molar-refractivity contribution in [1.82, 2.24) is 24.9 Å². The summed E-state index contributed by atoms with van der Waals surface area (Å²) in [4.78, 5) is 20.9. The average Bonchev–Trinajstić information content (AvgIpc) is 2.99. The molecule has 3 N–H and O–H groups in total. The van der Waals surface area contributed by atoms with Crippen LogP contribution in [0.4, 0.5) is 5.82 Å². The van der Waals surface area contributed by atoms with Gasteiger partial charge >= 0.3 is 0 Å². The molecule has 4 heterocycles. The van der Waals surface area contributed by atoms with Crippen LogP contribution in [0.15, 0.2) is 36.9 Å². The molecule has 0 atom stereocenters. The highest BCUT2D eigenvalue weighted by Gasteiger charge is 2.14. The summed E-state index contributed by atoms with van der Waals surface area (Å²) in [5, 5.41) is 1.88. The van der Waals surface area contributed by atoms with Gasteiger partial charge in [-0.1, -0.05) is 13.3 Å². The Morgan fingerprint density at radius 2 is 2.13 bits per heavy atom. The highest BCUT2D eigenvalue weighted by Crippen LogP contribution is 2.29. The molecule has 0 saturated heterocycles. The second kappa shape index (κ2) is 5.31. The van der Waals surface area contributed by atoms with E-state index in [1.54, 1.807) is 12.4 Å². The average molecular weight is 304 g/mol. The van der Waals surface area contributed by atoms with Gasteiger partial charge in [0, 0.05) is 34.9 Å². The number of nitrogens with one attached hydrogen (secondary N) is 1. The van der Waals surface area contributed by atoms with E-state index < -0.39 is 0 Å². The lowest BCUT2D eigenvalue weighted by Crippen LogP contribution is -2.01. The minimum atomic E-state index is 0.495. The first-order valence-electron chi connectivity index (χ1n) is 7.60. The van der Waals surface area contributed by atoms with E-state index in [0.29, 0.717) is 11.6 Å². The number of rotatable bonds is 3. The smallest absolute Gasteiger partial charge is 0.164 e. The number of H-pyrrole nitrogens is 1. The SMILES string of the molecule is CCCc1cncc2nc(-c3c[nH]c4ncccc34)nc(N)c12. The number of nitrogens with zero attached hydrogens (tertiary/aromatic N) is 4. The van der Waals surface area contributed by atoms with Gasteiger partial charge in [-0.05, 0) is 24.1 Å². The summed E-state index contributed by atoms with van der Waals surface area (Å²) in [6.07, 6.45) is 9.13. The molecular formula is C17H16N6. The van der Waals surface area contributed by atoms with Gasteiger partial charge in [0.05, 0.1) is 11.7 Å². The van der Waals surface area contributed by atoms with E-state index in [4.69, 9.17) is 5.73 Å². The maximum atomic E-state index is 6.23. The van der Waals surface area contributed by atoms with Gasteiger partial charge in [0.1, 0.15) is 11.5 Å². The zero-order valence-corrected chi connectivity index (χ0v) is 12.7. The Kier molecular flexibility index (Phi) is 3.15. The number of hydrogen-bond donors (Lipinski definition) is 2. The largest absolute Gasteiger partial charge is 0.383 e. The van der Waals surface area contributed by atoms with E-state index in [0.717, 1.165) is 45.9 Å². The molecule has 0 aromatic carbocycles. The van der Waals surface area contributed by atoms with Crippen molar-refractivity contribution in [2.24, 2.45) is 0 Å². The van der Waals surface area contributed by atoms with Crippen molar-refractivity contribution in [1.29, 1.82) is 0 Å². The quantitative estimate of drug-likeness (QED) is 0.606. The molecule has 0 spiro atoms. The zero-order chi connectivity index (χ0) is 15.8. The number of aromatic amines is 1. The molecule has 0 amide bonds. The molecule has 4 aromatic heterocycles. The number of aryl methyl sites for hydroxylation is 1. The lowest BCUT2D eigenvalue weighted by Gasteiger charge is -2.08. The lowest BCUT2D eigenvalue weighted by molar-refractivity contribution is 0.921. The van der Waals surface area contributed by atoms with Crippen LogP contribution in [-0.2, 0) is 6.42 Å². The van der Waals surface area contributed by atoms with Crippen molar-refractivity contribution in [3.05, 3.63) is 42.5 Å². The van der Waals surface area contributed by atoms with Gasteiger partial charge in [0.25, 0.3) is 0 Å². The highest BCUT2D eigenvalue weighted by molar-refractivity contribution is 5.96. The maximum Gasteiger partial charge on any atom is 0.164 e. The molecule has 0 unspecified atom stereocenters. The fraction of sp³-hybridized carbons (Fsp3) is 0.176. The van der Waals surface area contributed by atoms with Crippen LogP contribution in [0.2, 0.25) is 0 Å². The topological polar surface area (TPSA) is 93.4 Å². The normalized spacial score (nSPS) is 11.3. The van der Waals surface area contributed by atoms with Gasteiger partial charge in [-0.2, -0.15) is 0 Å². The van der Waals surface area contributed by atoms with E-state index in [9.17, 15) is 0 Å². The van der Waals surface area contributed by atoms with Crippen molar-refractivity contribution < 1.29 is 0 Å². The molecular weight excluding hydrogens is 288 g/mol. The van der Waals surface area contributed by atoms with E-state index in [-0.39, 0.29) is 0 Å². The number of fused-ring (bicyclic) bond motifs is 2. The van der Waals surface area contributed by atoms with Crippen LogP contribution in [-0.4, -0.2) is 24.9 Å². The molecule has 23 heavy (non-hydrogen) atoms. The Hall–Kier alpha value is -3.02. The first-order valence-corrected chi connectivity index (χ1v) is 7.60. The monoisotopic (exact) mass is 304 g/mol. The Morgan fingerprint density at radius 1 is 1.22 bits per heavy atom. The second-order valence-corrected chi connectivity index (χ2v) is 5.48. The first kappa shape index (κ1) is 13.6. The third kappa shape index (κ3) is 2.19. The molecule has 0 saturated carbocycles. The molecule has 114 valence electrons. The van der Waals surface area contributed by atoms with Crippen molar-refractivity contribution in [3.63, 3.8) is 0 Å². The van der Waals surface area contributed by atoms with Crippen LogP contribution in [0.1, 0.15) is 18.9 Å². The van der Waals surface area contributed by atoms with Crippen LogP contribution < -0.4 is 5.73 Å². The Morgan fingerprint density at radius 3 is 3.00 bits per heavy atom. The molecule has 0 bridgehead atoms. The molecule has 4 rings (SSSR count). The Bertz CT molecular complexity index is 1000. The number of anilines is 1. The van der Waals surface area contributed by atoms with Gasteiger partial charge in [-0.15, -0.1) is 0 Å². The van der Waals surface area contributed by atoms with E-state index in [1.807, 2.05) is 24.5 Å². The summed E-state index contributed by atoms with van der Waals surface area (Å²) in [6.45, 7) is 2.13. The maximum absolute atomic E-state index is 6.23. The van der Waals surface area contributed by atoms with Crippen molar-refractivity contribution in [3.8, 4) is 11.4 Å². The molecule has 4 aromatic rings. The number of pyridine rings is 2. The molecule has 0 fully saturated rings. The lowest BCUT2D eigenvalue weighted by atomic mass is 10.1. The van der Waals surface area contributed by atoms with Crippen LogP contribution in [0.25, 0.3) is 33.3 Å². The summed E-state index contributed by atoms with van der Waals surface area (Å²) in [7, 11) is 0. The second-order valence-electron chi connectivity index (χ2n) is 5.48. The summed E-state index contributed by atoms with van der Waals surface area (Å²) < 4.78 is 0. The predicted molar refractivity (Wildman–Crippen MR) is 90.8 cm³/mol. The molecule has 0 aliphatic carbocycles. The fourth-order valence-electron chi connectivity index (χ4n) is 2.90. The third-order valence-electron chi connectivity index (χ3n) is 3.92. The molecule has 6 heteroatoms.